The number of H-pyrrole nitrogens is 1. The zero-order valence-corrected chi connectivity index (χ0v) is 17.8. The van der Waals surface area contributed by atoms with Gasteiger partial charge in [0, 0.05) is 48.9 Å². The van der Waals surface area contributed by atoms with Crippen LogP contribution in [0.1, 0.15) is 47.8 Å². The molecule has 0 aliphatic heterocycles. The highest BCUT2D eigenvalue weighted by Crippen LogP contribution is 2.33. The van der Waals surface area contributed by atoms with E-state index in [4.69, 9.17) is 4.74 Å². The molecule has 0 spiro atoms. The lowest BCUT2D eigenvalue weighted by atomic mass is 9.80. The number of pyridine rings is 2. The van der Waals surface area contributed by atoms with Crippen molar-refractivity contribution in [3.05, 3.63) is 87.6 Å². The molecule has 6 nitrogen and oxygen atoms in total. The van der Waals surface area contributed by atoms with Gasteiger partial charge in [-0.05, 0) is 58.5 Å². The largest absolute Gasteiger partial charge is 0.380 e. The molecule has 0 unspecified atom stereocenters. The number of carbonyl (C=O) groups excluding carboxylic acids is 1. The summed E-state index contributed by atoms with van der Waals surface area (Å²) in [6, 6.07) is 11.0. The second kappa shape index (κ2) is 9.05. The lowest BCUT2D eigenvalue weighted by Gasteiger charge is -2.25. The van der Waals surface area contributed by atoms with Crippen LogP contribution in [0.25, 0.3) is 11.1 Å². The molecular weight excluding hydrogens is 378 g/mol. The van der Waals surface area contributed by atoms with Crippen LogP contribution < -0.4 is 10.9 Å². The molecule has 0 radical (unpaired) electrons. The number of rotatable bonds is 6. The van der Waals surface area contributed by atoms with Crippen LogP contribution in [-0.4, -0.2) is 23.0 Å². The number of amides is 1. The minimum Gasteiger partial charge on any atom is -0.380 e. The normalized spacial score (nSPS) is 11.3. The van der Waals surface area contributed by atoms with Gasteiger partial charge in [0.15, 0.2) is 0 Å². The van der Waals surface area contributed by atoms with E-state index in [2.05, 4.69) is 36.1 Å². The molecule has 3 aromatic rings. The molecule has 0 atom stereocenters. The molecule has 0 saturated carbocycles. The number of carbonyl (C=O) groups is 1. The number of hydrogen-bond acceptors (Lipinski definition) is 4. The number of methoxy groups -OCH3 is 1. The molecule has 2 heterocycles. The van der Waals surface area contributed by atoms with Crippen molar-refractivity contribution in [2.45, 2.75) is 39.3 Å². The Hall–Kier alpha value is -3.25. The highest BCUT2D eigenvalue weighted by atomic mass is 16.5. The smallest absolute Gasteiger partial charge is 0.255 e. The van der Waals surface area contributed by atoms with Gasteiger partial charge in [-0.1, -0.05) is 20.8 Å². The van der Waals surface area contributed by atoms with Crippen LogP contribution >= 0.6 is 0 Å². The summed E-state index contributed by atoms with van der Waals surface area (Å²) in [5.74, 6) is -0.247. The zero-order valence-electron chi connectivity index (χ0n) is 17.8. The molecule has 0 aliphatic carbocycles. The van der Waals surface area contributed by atoms with E-state index in [0.29, 0.717) is 29.8 Å². The zero-order chi connectivity index (χ0) is 21.7. The number of ether oxygens (including phenoxy) is 1. The number of aromatic amines is 1. The van der Waals surface area contributed by atoms with Gasteiger partial charge in [0.05, 0.1) is 6.61 Å². The fraction of sp³-hybridized carbons (Fsp3) is 0.292. The molecule has 0 bridgehead atoms. The predicted molar refractivity (Wildman–Crippen MR) is 117 cm³/mol. The summed E-state index contributed by atoms with van der Waals surface area (Å²) in [7, 11) is 1.63. The lowest BCUT2D eigenvalue weighted by Crippen LogP contribution is -2.25. The third kappa shape index (κ3) is 4.83. The molecule has 6 heteroatoms. The van der Waals surface area contributed by atoms with Crippen molar-refractivity contribution >= 4 is 5.91 Å². The van der Waals surface area contributed by atoms with Gasteiger partial charge < -0.3 is 15.0 Å². The Morgan fingerprint density at radius 1 is 1.13 bits per heavy atom. The van der Waals surface area contributed by atoms with Crippen LogP contribution in [0.2, 0.25) is 0 Å². The monoisotopic (exact) mass is 405 g/mol. The first kappa shape index (κ1) is 21.5. The maximum atomic E-state index is 13.2. The Balaban J connectivity index is 2.11. The summed E-state index contributed by atoms with van der Waals surface area (Å²) in [5.41, 5.74) is 4.00. The summed E-state index contributed by atoms with van der Waals surface area (Å²) in [6.45, 7) is 7.05. The minimum absolute atomic E-state index is 0.184. The summed E-state index contributed by atoms with van der Waals surface area (Å²) >= 11 is 0. The summed E-state index contributed by atoms with van der Waals surface area (Å²) in [6.07, 6.45) is 4.95. The van der Waals surface area contributed by atoms with Crippen LogP contribution in [0.5, 0.6) is 0 Å². The fourth-order valence-corrected chi connectivity index (χ4v) is 3.44. The molecule has 2 aromatic heterocycles. The van der Waals surface area contributed by atoms with Gasteiger partial charge in [0.2, 0.25) is 0 Å². The van der Waals surface area contributed by atoms with Crippen LogP contribution in [0.3, 0.4) is 0 Å². The molecule has 3 rings (SSSR count). The molecule has 0 saturated heterocycles. The number of nitrogens with zero attached hydrogens (tertiary/aromatic N) is 1. The van der Waals surface area contributed by atoms with Gasteiger partial charge >= 0.3 is 0 Å². The summed E-state index contributed by atoms with van der Waals surface area (Å²) in [4.78, 5) is 32.4. The van der Waals surface area contributed by atoms with Gasteiger partial charge in [-0.15, -0.1) is 0 Å². The van der Waals surface area contributed by atoms with Gasteiger partial charge in [0.25, 0.3) is 11.5 Å². The van der Waals surface area contributed by atoms with E-state index < -0.39 is 0 Å². The summed E-state index contributed by atoms with van der Waals surface area (Å²) < 4.78 is 5.39. The second-order valence-corrected chi connectivity index (χ2v) is 8.19. The van der Waals surface area contributed by atoms with Crippen molar-refractivity contribution in [3.8, 4) is 11.1 Å². The first-order chi connectivity index (χ1) is 14.3. The van der Waals surface area contributed by atoms with Crippen molar-refractivity contribution in [2.75, 3.05) is 7.11 Å². The van der Waals surface area contributed by atoms with E-state index in [1.165, 1.54) is 0 Å². The Morgan fingerprint density at radius 2 is 1.87 bits per heavy atom. The number of nitrogens with one attached hydrogen (secondary N) is 2. The SMILES string of the molecule is COCc1cc(C(=O)NCc2ccncc2)c(-c2ccc[nH]c2=O)cc1C(C)(C)C. The Morgan fingerprint density at radius 3 is 2.50 bits per heavy atom. The van der Waals surface area contributed by atoms with Crippen molar-refractivity contribution < 1.29 is 9.53 Å². The molecular formula is C24H27N3O3. The van der Waals surface area contributed by atoms with E-state index in [0.717, 1.165) is 16.7 Å². The van der Waals surface area contributed by atoms with Crippen LogP contribution in [-0.2, 0) is 23.3 Å². The minimum atomic E-state index is -0.247. The third-order valence-corrected chi connectivity index (χ3v) is 4.91. The average molecular weight is 405 g/mol. The van der Waals surface area contributed by atoms with E-state index >= 15 is 0 Å². The first-order valence-corrected chi connectivity index (χ1v) is 9.82. The predicted octanol–water partition coefficient (Wildman–Crippen LogP) is 3.81. The maximum absolute atomic E-state index is 13.2. The van der Waals surface area contributed by atoms with Gasteiger partial charge in [0.1, 0.15) is 0 Å². The lowest BCUT2D eigenvalue weighted by molar-refractivity contribution is 0.0951. The molecule has 1 aromatic carbocycles. The fourth-order valence-electron chi connectivity index (χ4n) is 3.44. The van der Waals surface area contributed by atoms with E-state index in [1.54, 1.807) is 37.8 Å². The average Bonchev–Trinajstić information content (AvgIpc) is 2.72. The first-order valence-electron chi connectivity index (χ1n) is 9.82. The third-order valence-electron chi connectivity index (χ3n) is 4.91. The van der Waals surface area contributed by atoms with Crippen molar-refractivity contribution in [1.29, 1.82) is 0 Å². The van der Waals surface area contributed by atoms with Crippen LogP contribution in [0.4, 0.5) is 0 Å². The molecule has 156 valence electrons. The van der Waals surface area contributed by atoms with E-state index in [1.807, 2.05) is 24.3 Å². The molecule has 30 heavy (non-hydrogen) atoms. The van der Waals surface area contributed by atoms with Crippen LogP contribution in [0.15, 0.2) is 59.8 Å². The van der Waals surface area contributed by atoms with E-state index in [-0.39, 0.29) is 16.9 Å². The quantitative estimate of drug-likeness (QED) is 0.653. The topological polar surface area (TPSA) is 84.1 Å². The van der Waals surface area contributed by atoms with Crippen molar-refractivity contribution in [1.82, 2.24) is 15.3 Å². The Labute approximate surface area is 176 Å². The number of aromatic nitrogens is 2. The second-order valence-electron chi connectivity index (χ2n) is 8.19. The van der Waals surface area contributed by atoms with E-state index in [9.17, 15) is 9.59 Å². The standard InChI is InChI=1S/C24H27N3O3/c1-24(2,3)21-13-19(18-6-5-9-26-22(18)28)20(12-17(21)15-30-4)23(29)27-14-16-7-10-25-11-8-16/h5-13H,14-15H2,1-4H3,(H,26,28)(H,27,29). The maximum Gasteiger partial charge on any atom is 0.255 e. The molecule has 0 aliphatic rings. The Kier molecular flexibility index (Phi) is 6.47. The van der Waals surface area contributed by atoms with Gasteiger partial charge in [-0.25, -0.2) is 0 Å². The summed E-state index contributed by atoms with van der Waals surface area (Å²) in [5, 5.41) is 2.95. The highest BCUT2D eigenvalue weighted by Gasteiger charge is 2.24. The van der Waals surface area contributed by atoms with Gasteiger partial charge in [-0.3, -0.25) is 14.6 Å². The van der Waals surface area contributed by atoms with Crippen LogP contribution in [0, 0.1) is 0 Å². The van der Waals surface area contributed by atoms with Crippen molar-refractivity contribution in [3.63, 3.8) is 0 Å². The number of hydrogen-bond donors (Lipinski definition) is 2. The van der Waals surface area contributed by atoms with Gasteiger partial charge in [-0.2, -0.15) is 0 Å². The Bertz CT molecular complexity index is 1080. The molecule has 2 N–H and O–H groups in total. The molecule has 0 fully saturated rings. The molecule has 1 amide bonds. The number of benzene rings is 1. The van der Waals surface area contributed by atoms with Crippen molar-refractivity contribution in [2.24, 2.45) is 0 Å². The highest BCUT2D eigenvalue weighted by molar-refractivity contribution is 6.01.